The Kier molecular flexibility index (Phi) is 4.70. The largest absolute Gasteiger partial charge is 0.488 e. The van der Waals surface area contributed by atoms with Gasteiger partial charge in [-0.15, -0.1) is 0 Å². The number of hydrogen-bond donors (Lipinski definition) is 0. The van der Waals surface area contributed by atoms with Gasteiger partial charge in [-0.2, -0.15) is 0 Å². The van der Waals surface area contributed by atoms with Gasteiger partial charge in [0.2, 0.25) is 5.91 Å². The number of carbonyl (C=O) groups excluding carboxylic acids is 1. The first kappa shape index (κ1) is 18.3. The molecule has 0 saturated carbocycles. The highest BCUT2D eigenvalue weighted by atomic mass is 19.1. The third kappa shape index (κ3) is 3.42. The Hall–Kier alpha value is -3.03. The van der Waals surface area contributed by atoms with Gasteiger partial charge >= 0.3 is 0 Å². The second-order valence-corrected chi connectivity index (χ2v) is 7.27. The number of amides is 1. The van der Waals surface area contributed by atoms with Crippen LogP contribution >= 0.6 is 0 Å². The number of nitrogens with zero attached hydrogens (tertiary/aromatic N) is 5. The second kappa shape index (κ2) is 7.18. The first-order chi connectivity index (χ1) is 13.4. The number of carbonyl (C=O) groups is 1. The van der Waals surface area contributed by atoms with E-state index >= 15 is 0 Å². The second-order valence-electron chi connectivity index (χ2n) is 7.27. The van der Waals surface area contributed by atoms with Crippen molar-refractivity contribution >= 4 is 17.4 Å². The molecule has 2 aliphatic heterocycles. The number of likely N-dealkylation sites (N-methyl/N-ethyl adjacent to an activating group) is 1. The average molecular weight is 383 g/mol. The number of aliphatic imine (C=N–C) groups is 1. The van der Waals surface area contributed by atoms with Crippen LogP contribution < -0.4 is 9.64 Å². The number of rotatable bonds is 4. The molecule has 0 aliphatic carbocycles. The van der Waals surface area contributed by atoms with Crippen LogP contribution in [0.4, 0.5) is 10.2 Å². The minimum absolute atomic E-state index is 0.0564. The van der Waals surface area contributed by atoms with E-state index in [9.17, 15) is 9.18 Å². The van der Waals surface area contributed by atoms with Crippen LogP contribution in [0.15, 0.2) is 29.5 Å². The Morgan fingerprint density at radius 3 is 2.75 bits per heavy atom. The molecule has 0 N–H and O–H groups in total. The van der Waals surface area contributed by atoms with Crippen molar-refractivity contribution in [3.8, 4) is 5.75 Å². The van der Waals surface area contributed by atoms with Crippen LogP contribution in [-0.4, -0.2) is 59.3 Å². The summed E-state index contributed by atoms with van der Waals surface area (Å²) in [5, 5.41) is 0. The lowest BCUT2D eigenvalue weighted by Crippen LogP contribution is -2.48. The van der Waals surface area contributed by atoms with Gasteiger partial charge in [-0.05, 0) is 31.5 Å². The lowest BCUT2D eigenvalue weighted by molar-refractivity contribution is -0.129. The number of benzene rings is 1. The van der Waals surface area contributed by atoms with Gasteiger partial charge in [-0.1, -0.05) is 0 Å². The van der Waals surface area contributed by atoms with Crippen LogP contribution in [0.5, 0.6) is 5.75 Å². The highest BCUT2D eigenvalue weighted by molar-refractivity contribution is 6.14. The Labute approximate surface area is 162 Å². The van der Waals surface area contributed by atoms with Crippen molar-refractivity contribution < 1.29 is 13.9 Å². The predicted octanol–water partition coefficient (Wildman–Crippen LogP) is 2.03. The molecule has 3 heterocycles. The molecule has 0 unspecified atom stereocenters. The quantitative estimate of drug-likeness (QED) is 0.808. The molecule has 1 aromatic carbocycles. The summed E-state index contributed by atoms with van der Waals surface area (Å²) in [7, 11) is 1.80. The molecule has 7 nitrogen and oxygen atoms in total. The van der Waals surface area contributed by atoms with E-state index in [4.69, 9.17) is 4.74 Å². The zero-order valence-corrected chi connectivity index (χ0v) is 16.1. The smallest absolute Gasteiger partial charge is 0.241 e. The molecule has 4 rings (SSSR count). The lowest BCUT2D eigenvalue weighted by Gasteiger charge is -2.32. The summed E-state index contributed by atoms with van der Waals surface area (Å²) >= 11 is 0. The molecule has 0 radical (unpaired) electrons. The number of hydrogen-bond acceptors (Lipinski definition) is 6. The van der Waals surface area contributed by atoms with Crippen molar-refractivity contribution in [3.63, 3.8) is 0 Å². The summed E-state index contributed by atoms with van der Waals surface area (Å²) in [6.07, 6.45) is 1.35. The zero-order valence-electron chi connectivity index (χ0n) is 16.1. The van der Waals surface area contributed by atoms with Crippen molar-refractivity contribution in [1.82, 2.24) is 14.9 Å². The van der Waals surface area contributed by atoms with E-state index in [0.717, 1.165) is 11.1 Å². The molecular formula is C20H22FN5O2. The molecule has 0 bridgehead atoms. The maximum Gasteiger partial charge on any atom is 0.241 e. The van der Waals surface area contributed by atoms with Crippen LogP contribution in [0.2, 0.25) is 0 Å². The van der Waals surface area contributed by atoms with Crippen LogP contribution in [0.3, 0.4) is 0 Å². The van der Waals surface area contributed by atoms with E-state index in [0.29, 0.717) is 36.9 Å². The molecule has 0 spiro atoms. The van der Waals surface area contributed by atoms with E-state index < -0.39 is 0 Å². The summed E-state index contributed by atoms with van der Waals surface area (Å²) in [5.74, 6) is 0.565. The zero-order chi connectivity index (χ0) is 19.8. The molecule has 2 aromatic rings. The highest BCUT2D eigenvalue weighted by Crippen LogP contribution is 2.30. The maximum absolute atomic E-state index is 14.3. The first-order valence-electron chi connectivity index (χ1n) is 9.27. The molecule has 1 saturated heterocycles. The fraction of sp³-hybridized carbons (Fsp3) is 0.400. The van der Waals surface area contributed by atoms with Gasteiger partial charge in [0.25, 0.3) is 0 Å². The van der Waals surface area contributed by atoms with Crippen LogP contribution in [0.1, 0.15) is 30.7 Å². The standard InChI is InChI=1S/C20H22FN5O2/c1-12(2)28-17-7-14-13(6-15(17)21)9-22-20(14)16-8-18(24-11-23-16)26-5-4-25(3)19(27)10-26/h6-8,11-12H,4-5,9-10H2,1-3H3. The van der Waals surface area contributed by atoms with Crippen LogP contribution in [0.25, 0.3) is 0 Å². The van der Waals surface area contributed by atoms with Crippen molar-refractivity contribution in [3.05, 3.63) is 47.2 Å². The topological polar surface area (TPSA) is 70.9 Å². The van der Waals surface area contributed by atoms with Gasteiger partial charge in [0, 0.05) is 31.8 Å². The molecule has 146 valence electrons. The molecule has 1 fully saturated rings. The Bertz CT molecular complexity index is 960. The number of halogens is 1. The summed E-state index contributed by atoms with van der Waals surface area (Å²) in [4.78, 5) is 28.9. The molecule has 0 atom stereocenters. The fourth-order valence-electron chi connectivity index (χ4n) is 3.36. The SMILES string of the molecule is CC(C)Oc1cc2c(cc1F)CN=C2c1cc(N2CCN(C)C(=O)C2)ncn1. The van der Waals surface area contributed by atoms with Gasteiger partial charge < -0.3 is 14.5 Å². The molecule has 2 aliphatic rings. The number of fused-ring (bicyclic) bond motifs is 1. The van der Waals surface area contributed by atoms with Gasteiger partial charge in [-0.3, -0.25) is 9.79 Å². The first-order valence-corrected chi connectivity index (χ1v) is 9.27. The average Bonchev–Trinajstić information content (AvgIpc) is 3.06. The van der Waals surface area contributed by atoms with Crippen molar-refractivity contribution in [2.24, 2.45) is 4.99 Å². The van der Waals surface area contributed by atoms with Gasteiger partial charge in [0.15, 0.2) is 11.6 Å². The number of piperazine rings is 1. The Morgan fingerprint density at radius 1 is 1.18 bits per heavy atom. The highest BCUT2D eigenvalue weighted by Gasteiger charge is 2.25. The molecule has 28 heavy (non-hydrogen) atoms. The van der Waals surface area contributed by atoms with Gasteiger partial charge in [0.1, 0.15) is 12.1 Å². The van der Waals surface area contributed by atoms with E-state index in [-0.39, 0.29) is 30.1 Å². The number of ether oxygens (including phenoxy) is 1. The predicted molar refractivity (Wildman–Crippen MR) is 103 cm³/mol. The molecule has 8 heteroatoms. The van der Waals surface area contributed by atoms with Crippen molar-refractivity contribution in [2.45, 2.75) is 26.5 Å². The van der Waals surface area contributed by atoms with Crippen LogP contribution in [-0.2, 0) is 11.3 Å². The Morgan fingerprint density at radius 2 is 2.00 bits per heavy atom. The van der Waals surface area contributed by atoms with E-state index in [1.54, 1.807) is 18.0 Å². The Balaban J connectivity index is 1.64. The van der Waals surface area contributed by atoms with E-state index in [1.165, 1.54) is 12.4 Å². The number of aromatic nitrogens is 2. The fourth-order valence-corrected chi connectivity index (χ4v) is 3.36. The number of anilines is 1. The lowest BCUT2D eigenvalue weighted by atomic mass is 10.0. The van der Waals surface area contributed by atoms with E-state index in [2.05, 4.69) is 15.0 Å². The van der Waals surface area contributed by atoms with Gasteiger partial charge in [0.05, 0.1) is 30.6 Å². The molecule has 1 amide bonds. The normalized spacial score (nSPS) is 16.5. The van der Waals surface area contributed by atoms with Crippen LogP contribution in [0, 0.1) is 5.82 Å². The molecule has 1 aromatic heterocycles. The summed E-state index contributed by atoms with van der Waals surface area (Å²) in [6.45, 7) is 5.76. The monoisotopic (exact) mass is 383 g/mol. The van der Waals surface area contributed by atoms with Crippen molar-refractivity contribution in [2.75, 3.05) is 31.6 Å². The maximum atomic E-state index is 14.3. The minimum atomic E-state index is -0.386. The minimum Gasteiger partial charge on any atom is -0.488 e. The third-order valence-corrected chi connectivity index (χ3v) is 4.86. The third-order valence-electron chi connectivity index (χ3n) is 4.86. The molecular weight excluding hydrogens is 361 g/mol. The van der Waals surface area contributed by atoms with E-state index in [1.807, 2.05) is 24.8 Å². The summed E-state index contributed by atoms with van der Waals surface area (Å²) < 4.78 is 19.8. The summed E-state index contributed by atoms with van der Waals surface area (Å²) in [6, 6.07) is 5.00. The van der Waals surface area contributed by atoms with Crippen molar-refractivity contribution in [1.29, 1.82) is 0 Å². The summed E-state index contributed by atoms with van der Waals surface area (Å²) in [5.41, 5.74) is 2.96. The van der Waals surface area contributed by atoms with Gasteiger partial charge in [-0.25, -0.2) is 14.4 Å².